The van der Waals surface area contributed by atoms with Crippen LogP contribution in [0, 0.1) is 5.92 Å². The van der Waals surface area contributed by atoms with Gasteiger partial charge in [-0.1, -0.05) is 162 Å². The topological polar surface area (TPSA) is 0 Å². The smallest absolute Gasteiger partial charge is 0.0445 e. The first-order chi connectivity index (χ1) is 12.8. The van der Waals surface area contributed by atoms with Crippen molar-refractivity contribution >= 4 is 0 Å². The van der Waals surface area contributed by atoms with E-state index in [0.29, 0.717) is 0 Å². The summed E-state index contributed by atoms with van der Waals surface area (Å²) in [4.78, 5) is 0. The molecule has 0 aromatic carbocycles. The lowest BCUT2D eigenvalue weighted by atomic mass is 9.99. The molecule has 0 aliphatic rings. The van der Waals surface area contributed by atoms with Crippen molar-refractivity contribution < 1.29 is 0 Å². The van der Waals surface area contributed by atoms with Crippen molar-refractivity contribution in [1.29, 1.82) is 0 Å². The maximum absolute atomic E-state index is 2.40. The minimum Gasteiger partial charge on any atom is -0.0654 e. The summed E-state index contributed by atoms with van der Waals surface area (Å²) >= 11 is 0. The summed E-state index contributed by atoms with van der Waals surface area (Å²) < 4.78 is 0. The molecule has 0 aliphatic carbocycles. The summed E-state index contributed by atoms with van der Waals surface area (Å²) in [7, 11) is 0. The minimum atomic E-state index is 0.950. The fourth-order valence-electron chi connectivity index (χ4n) is 3.95. The second-order valence-corrected chi connectivity index (χ2v) is 9.02. The Labute approximate surface area is 168 Å². The van der Waals surface area contributed by atoms with E-state index >= 15 is 0 Å². The first kappa shape index (κ1) is 26.0. The maximum Gasteiger partial charge on any atom is -0.0445 e. The summed E-state index contributed by atoms with van der Waals surface area (Å²) in [5.74, 6) is 0.950. The van der Waals surface area contributed by atoms with Crippen molar-refractivity contribution in [3.05, 3.63) is 0 Å². The molecule has 1 atom stereocenters. The largest absolute Gasteiger partial charge is 0.0654 e. The molecule has 0 rings (SSSR count). The lowest BCUT2D eigenvalue weighted by Gasteiger charge is -2.07. The fourth-order valence-corrected chi connectivity index (χ4v) is 3.95. The molecule has 0 aromatic heterocycles. The van der Waals surface area contributed by atoms with Crippen LogP contribution in [0.4, 0.5) is 0 Å². The van der Waals surface area contributed by atoms with E-state index in [-0.39, 0.29) is 0 Å². The second-order valence-electron chi connectivity index (χ2n) is 9.02. The molecule has 26 heavy (non-hydrogen) atoms. The molecule has 0 N–H and O–H groups in total. The Balaban J connectivity index is 2.99. The van der Waals surface area contributed by atoms with Gasteiger partial charge in [0, 0.05) is 0 Å². The van der Waals surface area contributed by atoms with E-state index in [9.17, 15) is 0 Å². The Kier molecular flexibility index (Phi) is 23.0. The predicted octanol–water partition coefficient (Wildman–Crippen LogP) is 10.2. The van der Waals surface area contributed by atoms with Gasteiger partial charge in [-0.25, -0.2) is 0 Å². The average molecular weight is 367 g/mol. The van der Waals surface area contributed by atoms with E-state index < -0.39 is 0 Å². The maximum atomic E-state index is 2.40. The lowest BCUT2D eigenvalue weighted by Crippen LogP contribution is -1.91. The normalized spacial score (nSPS) is 12.6. The van der Waals surface area contributed by atoms with Gasteiger partial charge in [-0.05, 0) is 5.92 Å². The van der Waals surface area contributed by atoms with Crippen LogP contribution in [0.2, 0.25) is 0 Å². The Morgan fingerprint density at radius 2 is 0.654 bits per heavy atom. The summed E-state index contributed by atoms with van der Waals surface area (Å²) in [5, 5.41) is 0. The molecule has 0 heteroatoms. The number of unbranched alkanes of at least 4 members (excludes halogenated alkanes) is 19. The van der Waals surface area contributed by atoms with Gasteiger partial charge in [-0.3, -0.25) is 0 Å². The van der Waals surface area contributed by atoms with Gasteiger partial charge in [0.25, 0.3) is 0 Å². The quantitative estimate of drug-likeness (QED) is 0.167. The monoisotopic (exact) mass is 366 g/mol. The highest BCUT2D eigenvalue weighted by atomic mass is 14.0. The summed E-state index contributed by atoms with van der Waals surface area (Å²) in [5.41, 5.74) is 0. The molecule has 0 saturated heterocycles. The molecular formula is C26H54. The van der Waals surface area contributed by atoms with Crippen LogP contribution in [0.25, 0.3) is 0 Å². The van der Waals surface area contributed by atoms with Crippen LogP contribution in [-0.4, -0.2) is 0 Å². The highest BCUT2D eigenvalue weighted by molar-refractivity contribution is 4.53. The molecule has 0 saturated carbocycles. The second kappa shape index (κ2) is 23.0. The Hall–Kier alpha value is 0. The number of hydrogen-bond acceptors (Lipinski definition) is 0. The van der Waals surface area contributed by atoms with Crippen LogP contribution in [0.3, 0.4) is 0 Å². The highest BCUT2D eigenvalue weighted by Gasteiger charge is 1.98. The molecule has 0 fully saturated rings. The van der Waals surface area contributed by atoms with Crippen LogP contribution >= 0.6 is 0 Å². The standard InChI is InChI=1S/C26H54/c1-4-6-7-8-9-10-11-12-13-14-15-16-17-18-19-20-21-22-23-24-25-26(3)5-2/h26H,4-25H2,1-3H3/t26-/m1/s1. The van der Waals surface area contributed by atoms with Crippen molar-refractivity contribution in [2.75, 3.05) is 0 Å². The first-order valence-corrected chi connectivity index (χ1v) is 12.8. The van der Waals surface area contributed by atoms with Gasteiger partial charge >= 0.3 is 0 Å². The van der Waals surface area contributed by atoms with Gasteiger partial charge in [-0.2, -0.15) is 0 Å². The predicted molar refractivity (Wildman–Crippen MR) is 122 cm³/mol. The van der Waals surface area contributed by atoms with E-state index in [4.69, 9.17) is 0 Å². The van der Waals surface area contributed by atoms with E-state index in [2.05, 4.69) is 20.8 Å². The van der Waals surface area contributed by atoms with Gasteiger partial charge in [-0.15, -0.1) is 0 Å². The van der Waals surface area contributed by atoms with E-state index in [1.54, 1.807) is 0 Å². The number of rotatable bonds is 22. The molecule has 0 heterocycles. The SMILES string of the molecule is CCCCCCCCCCCCCCCCCCCCCC[C@H](C)CC. The molecule has 158 valence electrons. The van der Waals surface area contributed by atoms with Gasteiger partial charge in [0.15, 0.2) is 0 Å². The molecule has 0 amide bonds. The highest BCUT2D eigenvalue weighted by Crippen LogP contribution is 2.16. The summed E-state index contributed by atoms with van der Waals surface area (Å²) in [6.45, 7) is 7.02. The fraction of sp³-hybridized carbons (Fsp3) is 1.00. The molecule has 0 bridgehead atoms. The van der Waals surface area contributed by atoms with Crippen LogP contribution in [0.1, 0.15) is 162 Å². The molecule has 0 aromatic rings. The van der Waals surface area contributed by atoms with Crippen molar-refractivity contribution in [2.24, 2.45) is 5.92 Å². The molecule has 0 spiro atoms. The van der Waals surface area contributed by atoms with E-state index in [1.165, 1.54) is 141 Å². The Morgan fingerprint density at radius 1 is 0.385 bits per heavy atom. The van der Waals surface area contributed by atoms with Crippen molar-refractivity contribution in [2.45, 2.75) is 162 Å². The molecular weight excluding hydrogens is 312 g/mol. The number of hydrogen-bond donors (Lipinski definition) is 0. The van der Waals surface area contributed by atoms with Gasteiger partial charge in [0.1, 0.15) is 0 Å². The van der Waals surface area contributed by atoms with Gasteiger partial charge in [0.2, 0.25) is 0 Å². The average Bonchev–Trinajstić information content (AvgIpc) is 2.66. The first-order valence-electron chi connectivity index (χ1n) is 12.8. The van der Waals surface area contributed by atoms with E-state index in [0.717, 1.165) is 5.92 Å². The molecule has 0 nitrogen and oxygen atoms in total. The van der Waals surface area contributed by atoms with Crippen LogP contribution in [-0.2, 0) is 0 Å². The zero-order chi connectivity index (χ0) is 19.1. The Morgan fingerprint density at radius 3 is 0.923 bits per heavy atom. The summed E-state index contributed by atoms with van der Waals surface area (Å²) in [6.07, 6.45) is 32.4. The third-order valence-electron chi connectivity index (χ3n) is 6.25. The van der Waals surface area contributed by atoms with Crippen molar-refractivity contribution in [3.8, 4) is 0 Å². The van der Waals surface area contributed by atoms with Crippen LogP contribution < -0.4 is 0 Å². The zero-order valence-corrected chi connectivity index (χ0v) is 19.1. The zero-order valence-electron chi connectivity index (χ0n) is 19.1. The minimum absolute atomic E-state index is 0.950. The van der Waals surface area contributed by atoms with Crippen LogP contribution in [0.5, 0.6) is 0 Å². The third kappa shape index (κ3) is 22.0. The van der Waals surface area contributed by atoms with Crippen LogP contribution in [0.15, 0.2) is 0 Å². The van der Waals surface area contributed by atoms with Crippen molar-refractivity contribution in [1.82, 2.24) is 0 Å². The lowest BCUT2D eigenvalue weighted by molar-refractivity contribution is 0.468. The molecule has 0 aliphatic heterocycles. The molecule has 0 unspecified atom stereocenters. The molecule has 0 radical (unpaired) electrons. The third-order valence-corrected chi connectivity index (χ3v) is 6.25. The van der Waals surface area contributed by atoms with Gasteiger partial charge < -0.3 is 0 Å². The van der Waals surface area contributed by atoms with Crippen molar-refractivity contribution in [3.63, 3.8) is 0 Å². The van der Waals surface area contributed by atoms with Gasteiger partial charge in [0.05, 0.1) is 0 Å². The van der Waals surface area contributed by atoms with E-state index in [1.807, 2.05) is 0 Å². The summed E-state index contributed by atoms with van der Waals surface area (Å²) in [6, 6.07) is 0. The Bertz CT molecular complexity index is 232.